The van der Waals surface area contributed by atoms with E-state index in [1.54, 1.807) is 0 Å². The van der Waals surface area contributed by atoms with Crippen LogP contribution in [-0.2, 0) is 6.42 Å². The van der Waals surface area contributed by atoms with Gasteiger partial charge in [0.25, 0.3) is 0 Å². The summed E-state index contributed by atoms with van der Waals surface area (Å²) in [5.74, 6) is 3.35. The first-order valence-corrected chi connectivity index (χ1v) is 10.4. The van der Waals surface area contributed by atoms with Gasteiger partial charge in [0.2, 0.25) is 0 Å². The number of thioether (sulfide) groups is 2. The number of unbranched alkanes of at least 4 members (excludes halogenated alkanes) is 1. The summed E-state index contributed by atoms with van der Waals surface area (Å²) in [4.78, 5) is 0. The second-order valence-electron chi connectivity index (χ2n) is 5.14. The van der Waals surface area contributed by atoms with Gasteiger partial charge in [0.15, 0.2) is 0 Å². The standard InChI is InChI=1S/C16H23BrS2/c1-13(16-18-11-4-12-19-16)15-8-6-14(7-9-15)5-2-3-10-17/h6-9,13,16H,2-5,10-12H2,1H3. The molecule has 0 radical (unpaired) electrons. The number of benzene rings is 1. The number of halogens is 1. The van der Waals surface area contributed by atoms with Crippen molar-refractivity contribution in [1.29, 1.82) is 0 Å². The van der Waals surface area contributed by atoms with Crippen molar-refractivity contribution in [1.82, 2.24) is 0 Å². The third kappa shape index (κ3) is 5.02. The summed E-state index contributed by atoms with van der Waals surface area (Å²) in [6, 6.07) is 9.37. The minimum absolute atomic E-state index is 0.673. The SMILES string of the molecule is CC(c1ccc(CCCCBr)cc1)C1SCCCS1. The van der Waals surface area contributed by atoms with E-state index < -0.39 is 0 Å². The molecule has 0 spiro atoms. The highest BCUT2D eigenvalue weighted by atomic mass is 79.9. The third-order valence-electron chi connectivity index (χ3n) is 3.62. The van der Waals surface area contributed by atoms with Crippen LogP contribution in [0.3, 0.4) is 0 Å². The second kappa shape index (κ2) is 8.63. The zero-order valence-corrected chi connectivity index (χ0v) is 14.8. The first-order valence-electron chi connectivity index (χ1n) is 7.19. The van der Waals surface area contributed by atoms with E-state index >= 15 is 0 Å². The maximum atomic E-state index is 3.49. The van der Waals surface area contributed by atoms with Crippen molar-refractivity contribution in [2.24, 2.45) is 0 Å². The van der Waals surface area contributed by atoms with Crippen molar-refractivity contribution < 1.29 is 0 Å². The van der Waals surface area contributed by atoms with Crippen LogP contribution >= 0.6 is 39.5 Å². The quantitative estimate of drug-likeness (QED) is 0.472. The molecule has 106 valence electrons. The van der Waals surface area contributed by atoms with Crippen LogP contribution in [0.25, 0.3) is 0 Å². The van der Waals surface area contributed by atoms with Crippen molar-refractivity contribution in [3.63, 3.8) is 0 Å². The molecule has 0 aliphatic carbocycles. The molecule has 0 saturated carbocycles. The zero-order chi connectivity index (χ0) is 13.5. The Morgan fingerprint density at radius 2 is 1.84 bits per heavy atom. The minimum atomic E-state index is 0.673. The molecule has 3 heteroatoms. The molecular formula is C16H23BrS2. The topological polar surface area (TPSA) is 0 Å². The predicted octanol–water partition coefficient (Wildman–Crippen LogP) is 5.70. The van der Waals surface area contributed by atoms with Gasteiger partial charge >= 0.3 is 0 Å². The van der Waals surface area contributed by atoms with Gasteiger partial charge in [-0.1, -0.05) is 47.1 Å². The van der Waals surface area contributed by atoms with Crippen LogP contribution < -0.4 is 0 Å². The fourth-order valence-corrected chi connectivity index (χ4v) is 5.88. The summed E-state index contributed by atoms with van der Waals surface area (Å²) >= 11 is 7.78. The maximum Gasteiger partial charge on any atom is 0.0568 e. The van der Waals surface area contributed by atoms with Crippen molar-refractivity contribution in [2.75, 3.05) is 16.8 Å². The number of alkyl halides is 1. The van der Waals surface area contributed by atoms with Crippen molar-refractivity contribution in [2.45, 2.75) is 43.1 Å². The molecule has 2 rings (SSSR count). The lowest BCUT2D eigenvalue weighted by Crippen LogP contribution is -2.14. The third-order valence-corrected chi connectivity index (χ3v) is 7.52. The van der Waals surface area contributed by atoms with Crippen LogP contribution in [0.2, 0.25) is 0 Å². The number of rotatable bonds is 6. The van der Waals surface area contributed by atoms with Crippen LogP contribution in [0, 0.1) is 0 Å². The van der Waals surface area contributed by atoms with Crippen LogP contribution in [0.1, 0.15) is 43.2 Å². The molecule has 0 aromatic heterocycles. The molecule has 0 nitrogen and oxygen atoms in total. The molecule has 1 aromatic carbocycles. The first-order chi connectivity index (χ1) is 9.31. The average Bonchev–Trinajstić information content (AvgIpc) is 2.48. The first kappa shape index (κ1) is 15.8. The molecule has 1 aliphatic rings. The Balaban J connectivity index is 1.89. The van der Waals surface area contributed by atoms with Gasteiger partial charge in [-0.2, -0.15) is 0 Å². The van der Waals surface area contributed by atoms with Gasteiger partial charge < -0.3 is 0 Å². The highest BCUT2D eigenvalue weighted by molar-refractivity contribution is 9.09. The summed E-state index contributed by atoms with van der Waals surface area (Å²) in [6.07, 6.45) is 5.15. The molecule has 1 aromatic rings. The molecule has 1 heterocycles. The van der Waals surface area contributed by atoms with Gasteiger partial charge in [-0.05, 0) is 48.3 Å². The summed E-state index contributed by atoms with van der Waals surface area (Å²) < 4.78 is 0.757. The molecule has 0 N–H and O–H groups in total. The lowest BCUT2D eigenvalue weighted by Gasteiger charge is -2.27. The molecule has 1 unspecified atom stereocenters. The highest BCUT2D eigenvalue weighted by Crippen LogP contribution is 2.40. The second-order valence-corrected chi connectivity index (χ2v) is 8.73. The van der Waals surface area contributed by atoms with Crippen molar-refractivity contribution >= 4 is 39.5 Å². The van der Waals surface area contributed by atoms with Crippen LogP contribution in [-0.4, -0.2) is 21.4 Å². The maximum absolute atomic E-state index is 3.49. The lowest BCUT2D eigenvalue weighted by molar-refractivity contribution is 0.801. The molecule has 1 aliphatic heterocycles. The largest absolute Gasteiger partial charge is 0.147 e. The molecule has 19 heavy (non-hydrogen) atoms. The van der Waals surface area contributed by atoms with Crippen LogP contribution in [0.15, 0.2) is 24.3 Å². The van der Waals surface area contributed by atoms with Crippen LogP contribution in [0.4, 0.5) is 0 Å². The predicted molar refractivity (Wildman–Crippen MR) is 94.9 cm³/mol. The Kier molecular flexibility index (Phi) is 7.17. The molecule has 1 saturated heterocycles. The molecule has 0 bridgehead atoms. The minimum Gasteiger partial charge on any atom is -0.147 e. The molecular weight excluding hydrogens is 336 g/mol. The summed E-state index contributed by atoms with van der Waals surface area (Å²) in [6.45, 7) is 2.38. The fourth-order valence-electron chi connectivity index (χ4n) is 2.36. The van der Waals surface area contributed by atoms with E-state index in [0.717, 1.165) is 9.91 Å². The smallest absolute Gasteiger partial charge is 0.0568 e. The van der Waals surface area contributed by atoms with E-state index in [1.165, 1.54) is 48.3 Å². The summed E-state index contributed by atoms with van der Waals surface area (Å²) in [5, 5.41) is 1.12. The average molecular weight is 359 g/mol. The van der Waals surface area contributed by atoms with Gasteiger partial charge in [-0.15, -0.1) is 23.5 Å². The zero-order valence-electron chi connectivity index (χ0n) is 11.6. The lowest BCUT2D eigenvalue weighted by atomic mass is 9.99. The highest BCUT2D eigenvalue weighted by Gasteiger charge is 2.22. The van der Waals surface area contributed by atoms with Gasteiger partial charge in [0.05, 0.1) is 4.58 Å². The Morgan fingerprint density at radius 1 is 1.16 bits per heavy atom. The summed E-state index contributed by atoms with van der Waals surface area (Å²) in [7, 11) is 0. The van der Waals surface area contributed by atoms with E-state index in [0.29, 0.717) is 5.92 Å². The van der Waals surface area contributed by atoms with E-state index in [2.05, 4.69) is 70.6 Å². The fraction of sp³-hybridized carbons (Fsp3) is 0.625. The van der Waals surface area contributed by atoms with E-state index in [4.69, 9.17) is 0 Å². The molecule has 1 fully saturated rings. The Morgan fingerprint density at radius 3 is 2.47 bits per heavy atom. The number of hydrogen-bond donors (Lipinski definition) is 0. The van der Waals surface area contributed by atoms with Gasteiger partial charge in [0, 0.05) is 11.2 Å². The normalized spacial score (nSPS) is 18.4. The van der Waals surface area contributed by atoms with E-state index in [1.807, 2.05) is 0 Å². The van der Waals surface area contributed by atoms with Crippen molar-refractivity contribution in [3.05, 3.63) is 35.4 Å². The Labute approximate surface area is 134 Å². The van der Waals surface area contributed by atoms with Crippen molar-refractivity contribution in [3.8, 4) is 0 Å². The van der Waals surface area contributed by atoms with Gasteiger partial charge in [0.1, 0.15) is 0 Å². The van der Waals surface area contributed by atoms with E-state index in [9.17, 15) is 0 Å². The van der Waals surface area contributed by atoms with Gasteiger partial charge in [-0.25, -0.2) is 0 Å². The van der Waals surface area contributed by atoms with Gasteiger partial charge in [-0.3, -0.25) is 0 Å². The monoisotopic (exact) mass is 358 g/mol. The number of aryl methyl sites for hydroxylation is 1. The molecule has 1 atom stereocenters. The number of hydrogen-bond acceptors (Lipinski definition) is 2. The summed E-state index contributed by atoms with van der Waals surface area (Å²) in [5.41, 5.74) is 3.00. The Bertz CT molecular complexity index is 358. The van der Waals surface area contributed by atoms with E-state index in [-0.39, 0.29) is 0 Å². The Hall–Kier alpha value is 0.400. The molecule has 0 amide bonds. The van der Waals surface area contributed by atoms with Crippen LogP contribution in [0.5, 0.6) is 0 Å².